The van der Waals surface area contributed by atoms with Gasteiger partial charge >= 0.3 is 0 Å². The zero-order chi connectivity index (χ0) is 7.56. The molecule has 1 rings (SSSR count). The van der Waals surface area contributed by atoms with Crippen molar-refractivity contribution in [2.45, 2.75) is 6.92 Å². The number of hydrogen-bond donors (Lipinski definition) is 0. The van der Waals surface area contributed by atoms with Gasteiger partial charge in [0, 0.05) is 26.2 Å². The monoisotopic (exact) mass is 142 g/mol. The summed E-state index contributed by atoms with van der Waals surface area (Å²) < 4.78 is 0. The maximum atomic E-state index is 2.41. The molecule has 1 aliphatic rings. The Hall–Kier alpha value is -0.0800. The lowest BCUT2D eigenvalue weighted by Gasteiger charge is -2.15. The van der Waals surface area contributed by atoms with E-state index in [-0.39, 0.29) is 0 Å². The van der Waals surface area contributed by atoms with E-state index in [0.717, 1.165) is 5.92 Å². The van der Waals surface area contributed by atoms with E-state index in [1.807, 2.05) is 0 Å². The minimum absolute atomic E-state index is 0.831. The van der Waals surface area contributed by atoms with Gasteiger partial charge in [-0.25, -0.2) is 0 Å². The van der Waals surface area contributed by atoms with Gasteiger partial charge in [0.2, 0.25) is 0 Å². The Labute approximate surface area is 63.8 Å². The minimum Gasteiger partial charge on any atom is -0.305 e. The van der Waals surface area contributed by atoms with E-state index in [1.165, 1.54) is 26.2 Å². The van der Waals surface area contributed by atoms with E-state index < -0.39 is 0 Å². The lowest BCUT2D eigenvalue weighted by atomic mass is 10.2. The van der Waals surface area contributed by atoms with Crippen LogP contribution in [-0.2, 0) is 0 Å². The molecule has 1 fully saturated rings. The molecule has 10 heavy (non-hydrogen) atoms. The summed E-state index contributed by atoms with van der Waals surface area (Å²) in [5.41, 5.74) is 0. The zero-order valence-electron chi connectivity index (χ0n) is 7.30. The Bertz CT molecular complexity index is 91.4. The molecule has 1 saturated heterocycles. The number of nitrogens with zero attached hydrogens (tertiary/aromatic N) is 2. The van der Waals surface area contributed by atoms with Crippen molar-refractivity contribution in [1.29, 1.82) is 0 Å². The number of rotatable bonds is 0. The normalized spacial score (nSPS) is 26.7. The third-order valence-electron chi connectivity index (χ3n) is 2.11. The fourth-order valence-corrected chi connectivity index (χ4v) is 1.65. The van der Waals surface area contributed by atoms with Gasteiger partial charge in [0.1, 0.15) is 0 Å². The van der Waals surface area contributed by atoms with Crippen LogP contribution < -0.4 is 0 Å². The quantitative estimate of drug-likeness (QED) is 0.486. The van der Waals surface area contributed by atoms with Crippen molar-refractivity contribution in [3.63, 3.8) is 0 Å². The topological polar surface area (TPSA) is 6.48 Å². The van der Waals surface area contributed by atoms with Crippen molar-refractivity contribution < 1.29 is 0 Å². The highest BCUT2D eigenvalue weighted by molar-refractivity contribution is 4.68. The van der Waals surface area contributed by atoms with E-state index in [2.05, 4.69) is 30.8 Å². The first-order chi connectivity index (χ1) is 4.68. The molecule has 0 bridgehead atoms. The number of hydrogen-bond acceptors (Lipinski definition) is 2. The van der Waals surface area contributed by atoms with Crippen molar-refractivity contribution in [1.82, 2.24) is 9.80 Å². The average molecular weight is 142 g/mol. The summed E-state index contributed by atoms with van der Waals surface area (Å²) in [7, 11) is 4.41. The molecule has 0 saturated carbocycles. The first-order valence-corrected chi connectivity index (χ1v) is 4.05. The standard InChI is InChI=1S/C8H18N2/c1-8-6-9(2)4-5-10(3)7-8/h8H,4-7H2,1-3H3. The highest BCUT2D eigenvalue weighted by Crippen LogP contribution is 2.04. The predicted octanol–water partition coefficient (Wildman–Crippen LogP) is 0.500. The Morgan fingerprint density at radius 2 is 1.40 bits per heavy atom. The van der Waals surface area contributed by atoms with Crippen molar-refractivity contribution >= 4 is 0 Å². The molecule has 0 aromatic rings. The second kappa shape index (κ2) is 3.35. The molecule has 0 atom stereocenters. The first kappa shape index (κ1) is 8.02. The Morgan fingerprint density at radius 1 is 1.00 bits per heavy atom. The van der Waals surface area contributed by atoms with Crippen LogP contribution in [0.4, 0.5) is 0 Å². The maximum absolute atomic E-state index is 2.41. The Morgan fingerprint density at radius 3 is 1.80 bits per heavy atom. The average Bonchev–Trinajstić information content (AvgIpc) is 1.93. The van der Waals surface area contributed by atoms with Gasteiger partial charge in [-0.3, -0.25) is 0 Å². The van der Waals surface area contributed by atoms with E-state index in [1.54, 1.807) is 0 Å². The molecule has 0 spiro atoms. The SMILES string of the molecule is CC1CN(C)CCN(C)C1. The summed E-state index contributed by atoms with van der Waals surface area (Å²) in [5.74, 6) is 0.831. The minimum atomic E-state index is 0.831. The van der Waals surface area contributed by atoms with Crippen LogP contribution in [0.25, 0.3) is 0 Å². The van der Waals surface area contributed by atoms with E-state index in [0.29, 0.717) is 0 Å². The summed E-state index contributed by atoms with van der Waals surface area (Å²) in [6.45, 7) is 7.27. The lowest BCUT2D eigenvalue weighted by molar-refractivity contribution is 0.320. The van der Waals surface area contributed by atoms with Crippen molar-refractivity contribution in [3.8, 4) is 0 Å². The highest BCUT2D eigenvalue weighted by Gasteiger charge is 2.13. The molecule has 2 nitrogen and oxygen atoms in total. The molecule has 0 radical (unpaired) electrons. The molecule has 60 valence electrons. The number of likely N-dealkylation sites (N-methyl/N-ethyl adjacent to an activating group) is 2. The van der Waals surface area contributed by atoms with Crippen LogP contribution in [0.5, 0.6) is 0 Å². The van der Waals surface area contributed by atoms with Gasteiger partial charge in [0.15, 0.2) is 0 Å². The largest absolute Gasteiger partial charge is 0.305 e. The van der Waals surface area contributed by atoms with Gasteiger partial charge in [-0.2, -0.15) is 0 Å². The maximum Gasteiger partial charge on any atom is 0.0106 e. The van der Waals surface area contributed by atoms with Crippen LogP contribution in [0.1, 0.15) is 6.92 Å². The molecule has 0 aromatic carbocycles. The van der Waals surface area contributed by atoms with E-state index in [4.69, 9.17) is 0 Å². The lowest BCUT2D eigenvalue weighted by Crippen LogP contribution is -2.25. The smallest absolute Gasteiger partial charge is 0.0106 e. The second-order valence-corrected chi connectivity index (χ2v) is 3.63. The molecule has 0 amide bonds. The van der Waals surface area contributed by atoms with Crippen molar-refractivity contribution in [3.05, 3.63) is 0 Å². The van der Waals surface area contributed by atoms with Gasteiger partial charge in [-0.15, -0.1) is 0 Å². The molecule has 1 heterocycles. The molecule has 0 aliphatic carbocycles. The van der Waals surface area contributed by atoms with Gasteiger partial charge in [-0.1, -0.05) is 6.92 Å². The first-order valence-electron chi connectivity index (χ1n) is 4.05. The summed E-state index contributed by atoms with van der Waals surface area (Å²) in [6.07, 6.45) is 0. The third kappa shape index (κ3) is 2.27. The summed E-state index contributed by atoms with van der Waals surface area (Å²) >= 11 is 0. The van der Waals surface area contributed by atoms with Crippen LogP contribution in [0, 0.1) is 5.92 Å². The molecule has 0 N–H and O–H groups in total. The van der Waals surface area contributed by atoms with Crippen LogP contribution in [-0.4, -0.2) is 50.1 Å². The predicted molar refractivity (Wildman–Crippen MR) is 44.2 cm³/mol. The highest BCUT2D eigenvalue weighted by atomic mass is 15.2. The van der Waals surface area contributed by atoms with Gasteiger partial charge in [-0.05, 0) is 20.0 Å². The van der Waals surface area contributed by atoms with Gasteiger partial charge in [0.05, 0.1) is 0 Å². The van der Waals surface area contributed by atoms with Crippen LogP contribution in [0.2, 0.25) is 0 Å². The van der Waals surface area contributed by atoms with Crippen LogP contribution >= 0.6 is 0 Å². The van der Waals surface area contributed by atoms with Gasteiger partial charge in [0.25, 0.3) is 0 Å². The molecular formula is C8H18N2. The van der Waals surface area contributed by atoms with Crippen LogP contribution in [0.15, 0.2) is 0 Å². The van der Waals surface area contributed by atoms with Crippen molar-refractivity contribution in [2.75, 3.05) is 40.3 Å². The van der Waals surface area contributed by atoms with Crippen molar-refractivity contribution in [2.24, 2.45) is 5.92 Å². The zero-order valence-corrected chi connectivity index (χ0v) is 7.30. The fraction of sp³-hybridized carbons (Fsp3) is 1.00. The Balaban J connectivity index is 2.38. The molecule has 1 aliphatic heterocycles. The second-order valence-electron chi connectivity index (χ2n) is 3.63. The summed E-state index contributed by atoms with van der Waals surface area (Å²) in [6, 6.07) is 0. The molecule has 0 aromatic heterocycles. The summed E-state index contributed by atoms with van der Waals surface area (Å²) in [5, 5.41) is 0. The Kier molecular flexibility index (Phi) is 2.69. The fourth-order valence-electron chi connectivity index (χ4n) is 1.65. The van der Waals surface area contributed by atoms with Gasteiger partial charge < -0.3 is 9.80 Å². The third-order valence-corrected chi connectivity index (χ3v) is 2.11. The molecule has 2 heteroatoms. The van der Waals surface area contributed by atoms with E-state index in [9.17, 15) is 0 Å². The summed E-state index contributed by atoms with van der Waals surface area (Å²) in [4.78, 5) is 4.82. The molecule has 0 unspecified atom stereocenters. The van der Waals surface area contributed by atoms with E-state index >= 15 is 0 Å². The molecular weight excluding hydrogens is 124 g/mol. The van der Waals surface area contributed by atoms with Crippen LogP contribution in [0.3, 0.4) is 0 Å².